The fourth-order valence-electron chi connectivity index (χ4n) is 1.38. The van der Waals surface area contributed by atoms with Gasteiger partial charge in [-0.3, -0.25) is 0 Å². The Labute approximate surface area is 56.4 Å². The summed E-state index contributed by atoms with van der Waals surface area (Å²) in [5, 5.41) is 8.75. The normalized spacial score (nSPS) is 31.8. The molecule has 1 aliphatic rings. The van der Waals surface area contributed by atoms with Crippen LogP contribution in [0.15, 0.2) is 11.6 Å². The first kappa shape index (κ1) is 6.81. The highest BCUT2D eigenvalue weighted by Crippen LogP contribution is 2.29. The van der Waals surface area contributed by atoms with Crippen LogP contribution in [0, 0.1) is 5.92 Å². The summed E-state index contributed by atoms with van der Waals surface area (Å²) >= 11 is 0. The van der Waals surface area contributed by atoms with Crippen LogP contribution in [0.25, 0.3) is 0 Å². The lowest BCUT2D eigenvalue weighted by molar-refractivity contribution is 0.231. The van der Waals surface area contributed by atoms with E-state index in [0.29, 0.717) is 12.5 Å². The molecule has 1 rings (SSSR count). The van der Waals surface area contributed by atoms with Gasteiger partial charge in [0.05, 0.1) is 0 Å². The van der Waals surface area contributed by atoms with Crippen molar-refractivity contribution in [3.05, 3.63) is 11.6 Å². The number of aliphatic hydroxyl groups is 1. The monoisotopic (exact) mass is 126 g/mol. The van der Waals surface area contributed by atoms with Crippen molar-refractivity contribution >= 4 is 0 Å². The molecular formula is C8H14O. The van der Waals surface area contributed by atoms with E-state index in [-0.39, 0.29) is 0 Å². The third-order valence-electron chi connectivity index (χ3n) is 2.09. The highest BCUT2D eigenvalue weighted by Gasteiger charge is 2.16. The molecule has 52 valence electrons. The molecule has 1 unspecified atom stereocenters. The van der Waals surface area contributed by atoms with Crippen molar-refractivity contribution in [2.24, 2.45) is 5.92 Å². The molecule has 0 amide bonds. The second kappa shape index (κ2) is 3.02. The van der Waals surface area contributed by atoms with E-state index < -0.39 is 0 Å². The third kappa shape index (κ3) is 1.55. The SMILES string of the molecule is CC=C1CCC(CO)C1. The Morgan fingerprint density at radius 1 is 1.78 bits per heavy atom. The molecule has 0 aromatic heterocycles. The Kier molecular flexibility index (Phi) is 2.29. The molecule has 1 fully saturated rings. The van der Waals surface area contributed by atoms with E-state index in [4.69, 9.17) is 5.11 Å². The number of allylic oxidation sites excluding steroid dienone is 2. The second-order valence-corrected chi connectivity index (χ2v) is 2.74. The Balaban J connectivity index is 2.38. The fourth-order valence-corrected chi connectivity index (χ4v) is 1.38. The average Bonchev–Trinajstić information content (AvgIpc) is 2.34. The van der Waals surface area contributed by atoms with E-state index in [1.54, 1.807) is 0 Å². The van der Waals surface area contributed by atoms with Crippen LogP contribution in [-0.4, -0.2) is 11.7 Å². The molecule has 1 aliphatic carbocycles. The molecular weight excluding hydrogens is 112 g/mol. The van der Waals surface area contributed by atoms with Gasteiger partial charge in [-0.1, -0.05) is 11.6 Å². The Bertz CT molecular complexity index is 116. The number of rotatable bonds is 1. The van der Waals surface area contributed by atoms with Crippen molar-refractivity contribution in [2.75, 3.05) is 6.61 Å². The molecule has 1 N–H and O–H groups in total. The Hall–Kier alpha value is -0.300. The molecule has 0 aromatic carbocycles. The summed E-state index contributed by atoms with van der Waals surface area (Å²) in [6.07, 6.45) is 5.71. The number of hydrogen-bond acceptors (Lipinski definition) is 1. The van der Waals surface area contributed by atoms with Crippen LogP contribution in [0.3, 0.4) is 0 Å². The lowest BCUT2D eigenvalue weighted by Crippen LogP contribution is -1.97. The molecule has 0 spiro atoms. The fraction of sp³-hybridized carbons (Fsp3) is 0.750. The Morgan fingerprint density at radius 2 is 2.56 bits per heavy atom. The summed E-state index contributed by atoms with van der Waals surface area (Å²) < 4.78 is 0. The van der Waals surface area contributed by atoms with Crippen LogP contribution in [-0.2, 0) is 0 Å². The summed E-state index contributed by atoms with van der Waals surface area (Å²) in [5.41, 5.74) is 1.52. The van der Waals surface area contributed by atoms with Gasteiger partial charge in [0.1, 0.15) is 0 Å². The number of hydrogen-bond donors (Lipinski definition) is 1. The van der Waals surface area contributed by atoms with Crippen molar-refractivity contribution in [3.63, 3.8) is 0 Å². The maximum Gasteiger partial charge on any atom is 0.0462 e. The number of aliphatic hydroxyl groups excluding tert-OH is 1. The topological polar surface area (TPSA) is 20.2 Å². The van der Waals surface area contributed by atoms with Crippen LogP contribution < -0.4 is 0 Å². The highest BCUT2D eigenvalue weighted by molar-refractivity contribution is 5.06. The van der Waals surface area contributed by atoms with E-state index in [1.165, 1.54) is 18.4 Å². The third-order valence-corrected chi connectivity index (χ3v) is 2.09. The molecule has 0 bridgehead atoms. The van der Waals surface area contributed by atoms with Crippen LogP contribution >= 0.6 is 0 Å². The van der Waals surface area contributed by atoms with Gasteiger partial charge >= 0.3 is 0 Å². The van der Waals surface area contributed by atoms with Crippen molar-refractivity contribution < 1.29 is 5.11 Å². The van der Waals surface area contributed by atoms with Gasteiger partial charge < -0.3 is 5.11 Å². The first-order valence-electron chi connectivity index (χ1n) is 3.61. The van der Waals surface area contributed by atoms with E-state index in [2.05, 4.69) is 13.0 Å². The van der Waals surface area contributed by atoms with Crippen molar-refractivity contribution in [3.8, 4) is 0 Å². The smallest absolute Gasteiger partial charge is 0.0462 e. The highest BCUT2D eigenvalue weighted by atomic mass is 16.3. The van der Waals surface area contributed by atoms with Gasteiger partial charge in [0.25, 0.3) is 0 Å². The van der Waals surface area contributed by atoms with Crippen LogP contribution in [0.2, 0.25) is 0 Å². The quantitative estimate of drug-likeness (QED) is 0.530. The van der Waals surface area contributed by atoms with E-state index in [1.807, 2.05) is 0 Å². The van der Waals surface area contributed by atoms with Gasteiger partial charge in [-0.2, -0.15) is 0 Å². The molecule has 0 aliphatic heterocycles. The lowest BCUT2D eigenvalue weighted by atomic mass is 10.1. The lowest BCUT2D eigenvalue weighted by Gasteiger charge is -1.99. The van der Waals surface area contributed by atoms with Crippen molar-refractivity contribution in [2.45, 2.75) is 26.2 Å². The van der Waals surface area contributed by atoms with Crippen LogP contribution in [0.1, 0.15) is 26.2 Å². The summed E-state index contributed by atoms with van der Waals surface area (Å²) in [4.78, 5) is 0. The minimum absolute atomic E-state index is 0.372. The summed E-state index contributed by atoms with van der Waals surface area (Å²) in [7, 11) is 0. The van der Waals surface area contributed by atoms with Crippen LogP contribution in [0.5, 0.6) is 0 Å². The molecule has 1 saturated carbocycles. The minimum Gasteiger partial charge on any atom is -0.396 e. The van der Waals surface area contributed by atoms with Gasteiger partial charge in [0.2, 0.25) is 0 Å². The first-order valence-corrected chi connectivity index (χ1v) is 3.61. The zero-order valence-corrected chi connectivity index (χ0v) is 5.93. The minimum atomic E-state index is 0.372. The molecule has 1 heteroatoms. The standard InChI is InChI=1S/C8H14O/c1-2-7-3-4-8(5-7)6-9/h2,8-9H,3-6H2,1H3. The second-order valence-electron chi connectivity index (χ2n) is 2.74. The maximum absolute atomic E-state index is 8.75. The molecule has 0 radical (unpaired) electrons. The molecule has 0 saturated heterocycles. The van der Waals surface area contributed by atoms with E-state index >= 15 is 0 Å². The van der Waals surface area contributed by atoms with Crippen molar-refractivity contribution in [1.29, 1.82) is 0 Å². The average molecular weight is 126 g/mol. The van der Waals surface area contributed by atoms with Gasteiger partial charge in [-0.05, 0) is 32.1 Å². The molecule has 1 atom stereocenters. The summed E-state index contributed by atoms with van der Waals surface area (Å²) in [5.74, 6) is 0.566. The van der Waals surface area contributed by atoms with Gasteiger partial charge in [-0.25, -0.2) is 0 Å². The molecule has 1 nitrogen and oxygen atoms in total. The van der Waals surface area contributed by atoms with Gasteiger partial charge in [0.15, 0.2) is 0 Å². The largest absolute Gasteiger partial charge is 0.396 e. The summed E-state index contributed by atoms with van der Waals surface area (Å²) in [6, 6.07) is 0. The predicted molar refractivity (Wildman–Crippen MR) is 38.2 cm³/mol. The molecule has 0 heterocycles. The molecule has 0 aromatic rings. The van der Waals surface area contributed by atoms with Gasteiger partial charge in [0, 0.05) is 6.61 Å². The zero-order chi connectivity index (χ0) is 6.69. The first-order chi connectivity index (χ1) is 4.36. The van der Waals surface area contributed by atoms with Gasteiger partial charge in [-0.15, -0.1) is 0 Å². The van der Waals surface area contributed by atoms with E-state index in [0.717, 1.165) is 6.42 Å². The van der Waals surface area contributed by atoms with Crippen molar-refractivity contribution in [1.82, 2.24) is 0 Å². The molecule has 9 heavy (non-hydrogen) atoms. The van der Waals surface area contributed by atoms with Crippen LogP contribution in [0.4, 0.5) is 0 Å². The zero-order valence-electron chi connectivity index (χ0n) is 5.93. The summed E-state index contributed by atoms with van der Waals surface area (Å²) in [6.45, 7) is 2.45. The predicted octanol–water partition coefficient (Wildman–Crippen LogP) is 1.73. The Morgan fingerprint density at radius 3 is 2.89 bits per heavy atom. The maximum atomic E-state index is 8.75. The van der Waals surface area contributed by atoms with E-state index in [9.17, 15) is 0 Å².